The van der Waals surface area contributed by atoms with Crippen LogP contribution in [0.2, 0.25) is 0 Å². The van der Waals surface area contributed by atoms with Crippen LogP contribution in [0.1, 0.15) is 36.0 Å². The number of nitrogens with zero attached hydrogens (tertiary/aromatic N) is 1. The van der Waals surface area contributed by atoms with Gasteiger partial charge in [0, 0.05) is 24.0 Å². The highest BCUT2D eigenvalue weighted by atomic mass is 16.3. The molecule has 108 valence electrons. The maximum Gasteiger partial charge on any atom is 0.252 e. The fourth-order valence-electron chi connectivity index (χ4n) is 2.31. The summed E-state index contributed by atoms with van der Waals surface area (Å²) in [6, 6.07) is 2.35. The molecule has 1 aliphatic carbocycles. The number of carbonyl (C=O) groups is 2. The number of hydrogen-bond acceptors (Lipinski definition) is 4. The summed E-state index contributed by atoms with van der Waals surface area (Å²) in [6.45, 7) is -0.421. The van der Waals surface area contributed by atoms with Crippen LogP contribution in [0.3, 0.4) is 0 Å². The molecule has 2 amide bonds. The van der Waals surface area contributed by atoms with Crippen LogP contribution in [0, 0.1) is 0 Å². The zero-order chi connectivity index (χ0) is 14.4. The molecule has 2 rings (SSSR count). The maximum absolute atomic E-state index is 12.0. The predicted octanol–water partition coefficient (Wildman–Crippen LogP) is 0.231. The Morgan fingerprint density at radius 2 is 1.95 bits per heavy atom. The lowest BCUT2D eigenvalue weighted by molar-refractivity contribution is -0.124. The van der Waals surface area contributed by atoms with E-state index in [4.69, 9.17) is 0 Å². The van der Waals surface area contributed by atoms with Gasteiger partial charge in [0.05, 0.1) is 6.61 Å². The molecule has 1 heterocycles. The van der Waals surface area contributed by atoms with E-state index in [0.29, 0.717) is 5.56 Å². The van der Waals surface area contributed by atoms with Gasteiger partial charge in [-0.05, 0) is 25.0 Å². The van der Waals surface area contributed by atoms with Gasteiger partial charge >= 0.3 is 0 Å². The first-order valence-electron chi connectivity index (χ1n) is 6.83. The Labute approximate surface area is 117 Å². The van der Waals surface area contributed by atoms with Crippen molar-refractivity contribution in [1.29, 1.82) is 0 Å². The molecule has 1 aliphatic rings. The van der Waals surface area contributed by atoms with Gasteiger partial charge in [-0.25, -0.2) is 0 Å². The number of aliphatic hydroxyl groups is 1. The molecular formula is C14H19N3O3. The van der Waals surface area contributed by atoms with Crippen LogP contribution < -0.4 is 10.6 Å². The van der Waals surface area contributed by atoms with Crippen molar-refractivity contribution in [3.8, 4) is 0 Å². The Kier molecular flexibility index (Phi) is 5.06. The van der Waals surface area contributed by atoms with Gasteiger partial charge in [0.25, 0.3) is 5.91 Å². The van der Waals surface area contributed by atoms with E-state index >= 15 is 0 Å². The molecule has 0 radical (unpaired) electrons. The van der Waals surface area contributed by atoms with Gasteiger partial charge in [-0.1, -0.05) is 12.8 Å². The van der Waals surface area contributed by atoms with Crippen LogP contribution >= 0.6 is 0 Å². The molecule has 20 heavy (non-hydrogen) atoms. The number of aromatic nitrogens is 1. The third-order valence-electron chi connectivity index (χ3n) is 3.45. The monoisotopic (exact) mass is 277 g/mol. The van der Waals surface area contributed by atoms with E-state index in [-0.39, 0.29) is 11.9 Å². The van der Waals surface area contributed by atoms with Crippen molar-refractivity contribution in [1.82, 2.24) is 15.6 Å². The summed E-state index contributed by atoms with van der Waals surface area (Å²) in [5.41, 5.74) is 0.409. The second kappa shape index (κ2) is 7.00. The summed E-state index contributed by atoms with van der Waals surface area (Å²) < 4.78 is 0. The van der Waals surface area contributed by atoms with E-state index in [1.54, 1.807) is 12.1 Å². The molecule has 1 atom stereocenters. The van der Waals surface area contributed by atoms with Crippen LogP contribution in [-0.2, 0) is 4.79 Å². The molecule has 1 aromatic rings. The summed E-state index contributed by atoms with van der Waals surface area (Å²) in [6.07, 6.45) is 7.14. The van der Waals surface area contributed by atoms with Crippen molar-refractivity contribution in [2.24, 2.45) is 0 Å². The van der Waals surface area contributed by atoms with Crippen molar-refractivity contribution in [3.05, 3.63) is 30.1 Å². The van der Waals surface area contributed by atoms with Crippen molar-refractivity contribution in [2.75, 3.05) is 6.61 Å². The van der Waals surface area contributed by atoms with E-state index in [1.807, 2.05) is 0 Å². The fraction of sp³-hybridized carbons (Fsp3) is 0.500. The van der Waals surface area contributed by atoms with Gasteiger partial charge in [0.15, 0.2) is 0 Å². The predicted molar refractivity (Wildman–Crippen MR) is 73.0 cm³/mol. The second-order valence-corrected chi connectivity index (χ2v) is 4.93. The molecule has 0 aromatic carbocycles. The molecule has 1 aromatic heterocycles. The molecular weight excluding hydrogens is 258 g/mol. The average Bonchev–Trinajstić information content (AvgIpc) is 2.98. The van der Waals surface area contributed by atoms with Gasteiger partial charge in [-0.15, -0.1) is 0 Å². The molecule has 1 fully saturated rings. The Morgan fingerprint density at radius 1 is 1.30 bits per heavy atom. The van der Waals surface area contributed by atoms with Crippen molar-refractivity contribution in [3.63, 3.8) is 0 Å². The topological polar surface area (TPSA) is 91.3 Å². The Morgan fingerprint density at radius 3 is 2.55 bits per heavy atom. The molecule has 0 aliphatic heterocycles. The van der Waals surface area contributed by atoms with Gasteiger partial charge in [0.2, 0.25) is 5.91 Å². The number of nitrogens with one attached hydrogen (secondary N) is 2. The van der Waals surface area contributed by atoms with Crippen LogP contribution in [0.15, 0.2) is 24.5 Å². The van der Waals surface area contributed by atoms with E-state index in [9.17, 15) is 14.7 Å². The highest BCUT2D eigenvalue weighted by Gasteiger charge is 2.24. The van der Waals surface area contributed by atoms with Crippen LogP contribution in [-0.4, -0.2) is 40.6 Å². The number of carbonyl (C=O) groups excluding carboxylic acids is 2. The van der Waals surface area contributed by atoms with E-state index in [1.165, 1.54) is 12.4 Å². The normalized spacial score (nSPS) is 16.6. The minimum absolute atomic E-state index is 0.161. The van der Waals surface area contributed by atoms with Crippen molar-refractivity contribution < 1.29 is 14.7 Å². The molecule has 6 nitrogen and oxygen atoms in total. The number of rotatable bonds is 5. The SMILES string of the molecule is O=C(N[C@@H](CO)C(=O)NC1CCCC1)c1ccncc1. The van der Waals surface area contributed by atoms with Gasteiger partial charge in [-0.2, -0.15) is 0 Å². The Hall–Kier alpha value is -1.95. The molecule has 0 bridgehead atoms. The molecule has 3 N–H and O–H groups in total. The number of aliphatic hydroxyl groups excluding tert-OH is 1. The standard InChI is InChI=1S/C14H19N3O3/c18-9-12(14(20)16-11-3-1-2-4-11)17-13(19)10-5-7-15-8-6-10/h5-8,11-12,18H,1-4,9H2,(H,16,20)(H,17,19)/t12-/m0/s1. The molecule has 6 heteroatoms. The minimum atomic E-state index is -0.920. The lowest BCUT2D eigenvalue weighted by atomic mass is 10.2. The van der Waals surface area contributed by atoms with Gasteiger partial charge < -0.3 is 15.7 Å². The highest BCUT2D eigenvalue weighted by molar-refractivity contribution is 5.97. The molecule has 1 saturated carbocycles. The number of hydrogen-bond donors (Lipinski definition) is 3. The smallest absolute Gasteiger partial charge is 0.252 e. The number of pyridine rings is 1. The Bertz CT molecular complexity index is 458. The highest BCUT2D eigenvalue weighted by Crippen LogP contribution is 2.17. The molecule has 0 spiro atoms. The third-order valence-corrected chi connectivity index (χ3v) is 3.45. The lowest BCUT2D eigenvalue weighted by Gasteiger charge is -2.19. The quantitative estimate of drug-likeness (QED) is 0.718. The second-order valence-electron chi connectivity index (χ2n) is 4.93. The first kappa shape index (κ1) is 14.5. The van der Waals surface area contributed by atoms with Gasteiger partial charge in [0.1, 0.15) is 6.04 Å². The van der Waals surface area contributed by atoms with Crippen LogP contribution in [0.4, 0.5) is 0 Å². The summed E-state index contributed by atoms with van der Waals surface area (Å²) >= 11 is 0. The summed E-state index contributed by atoms with van der Waals surface area (Å²) in [4.78, 5) is 27.7. The Balaban J connectivity index is 1.91. The summed E-state index contributed by atoms with van der Waals surface area (Å²) in [5.74, 6) is -0.727. The van der Waals surface area contributed by atoms with Crippen LogP contribution in [0.5, 0.6) is 0 Å². The fourth-order valence-corrected chi connectivity index (χ4v) is 2.31. The zero-order valence-corrected chi connectivity index (χ0v) is 11.2. The number of amides is 2. The lowest BCUT2D eigenvalue weighted by Crippen LogP contribution is -2.51. The van der Waals surface area contributed by atoms with Crippen molar-refractivity contribution in [2.45, 2.75) is 37.8 Å². The van der Waals surface area contributed by atoms with Crippen LogP contribution in [0.25, 0.3) is 0 Å². The van der Waals surface area contributed by atoms with Gasteiger partial charge in [-0.3, -0.25) is 14.6 Å². The van der Waals surface area contributed by atoms with E-state index in [2.05, 4.69) is 15.6 Å². The summed E-state index contributed by atoms with van der Waals surface area (Å²) in [7, 11) is 0. The van der Waals surface area contributed by atoms with E-state index < -0.39 is 18.6 Å². The largest absolute Gasteiger partial charge is 0.394 e. The molecule has 0 unspecified atom stereocenters. The minimum Gasteiger partial charge on any atom is -0.394 e. The average molecular weight is 277 g/mol. The van der Waals surface area contributed by atoms with Crippen molar-refractivity contribution >= 4 is 11.8 Å². The maximum atomic E-state index is 12.0. The summed E-state index contributed by atoms with van der Waals surface area (Å²) in [5, 5.41) is 14.7. The first-order chi connectivity index (χ1) is 9.70. The third kappa shape index (κ3) is 3.77. The molecule has 0 saturated heterocycles. The zero-order valence-electron chi connectivity index (χ0n) is 11.2. The van der Waals surface area contributed by atoms with E-state index in [0.717, 1.165) is 25.7 Å². The first-order valence-corrected chi connectivity index (χ1v) is 6.83.